The van der Waals surface area contributed by atoms with E-state index in [2.05, 4.69) is 41.4 Å². The topological polar surface area (TPSA) is 55.8 Å². The van der Waals surface area contributed by atoms with Gasteiger partial charge in [-0.25, -0.2) is 4.79 Å². The maximum Gasteiger partial charge on any atom is 0.317 e. The molecule has 0 spiro atoms. The number of carbonyl (C=O) groups excluding carboxylic acids is 1. The molecule has 2 heterocycles. The van der Waals surface area contributed by atoms with E-state index in [9.17, 15) is 9.90 Å². The van der Waals surface area contributed by atoms with Crippen molar-refractivity contribution in [2.75, 3.05) is 32.8 Å². The summed E-state index contributed by atoms with van der Waals surface area (Å²) in [6, 6.07) is 9.07. The number of carbonyl (C=O) groups is 1. The normalized spacial score (nSPS) is 20.6. The molecule has 0 aromatic heterocycles. The highest BCUT2D eigenvalue weighted by Crippen LogP contribution is 2.18. The van der Waals surface area contributed by atoms with Crippen LogP contribution in [0.3, 0.4) is 0 Å². The van der Waals surface area contributed by atoms with E-state index in [-0.39, 0.29) is 18.7 Å². The summed E-state index contributed by atoms with van der Waals surface area (Å²) >= 11 is 0. The minimum absolute atomic E-state index is 0.0773. The molecular formula is C20H31N3O2. The molecule has 2 fully saturated rings. The number of amides is 2. The first-order valence-corrected chi connectivity index (χ1v) is 9.58. The molecule has 0 radical (unpaired) electrons. The summed E-state index contributed by atoms with van der Waals surface area (Å²) in [7, 11) is 0. The third kappa shape index (κ3) is 5.19. The molecule has 0 unspecified atom stereocenters. The number of aryl methyl sites for hydroxylation is 1. The number of nitrogens with zero attached hydrogens (tertiary/aromatic N) is 2. The van der Waals surface area contributed by atoms with Crippen LogP contribution in [-0.4, -0.2) is 59.8 Å². The Balaban J connectivity index is 1.39. The van der Waals surface area contributed by atoms with Crippen LogP contribution in [0.4, 0.5) is 4.79 Å². The van der Waals surface area contributed by atoms with Crippen molar-refractivity contribution in [3.05, 3.63) is 35.4 Å². The average Bonchev–Trinajstić information content (AvgIpc) is 2.63. The van der Waals surface area contributed by atoms with Crippen LogP contribution in [0.25, 0.3) is 0 Å². The van der Waals surface area contributed by atoms with Gasteiger partial charge in [-0.05, 0) is 44.1 Å². The molecule has 2 aliphatic heterocycles. The molecule has 0 atom stereocenters. The van der Waals surface area contributed by atoms with Gasteiger partial charge in [0, 0.05) is 45.4 Å². The highest BCUT2D eigenvalue weighted by atomic mass is 16.3. The molecule has 0 aliphatic carbocycles. The van der Waals surface area contributed by atoms with E-state index in [1.54, 1.807) is 0 Å². The first-order chi connectivity index (χ1) is 12.1. The first-order valence-electron chi connectivity index (χ1n) is 9.58. The van der Waals surface area contributed by atoms with Gasteiger partial charge in [0.25, 0.3) is 0 Å². The van der Waals surface area contributed by atoms with Crippen molar-refractivity contribution < 1.29 is 9.90 Å². The van der Waals surface area contributed by atoms with Crippen LogP contribution in [-0.2, 0) is 6.54 Å². The number of piperidine rings is 2. The van der Waals surface area contributed by atoms with Gasteiger partial charge in [0.2, 0.25) is 0 Å². The molecule has 5 nitrogen and oxygen atoms in total. The fourth-order valence-corrected chi connectivity index (χ4v) is 3.89. The number of hydrogen-bond donors (Lipinski definition) is 2. The number of benzene rings is 1. The van der Waals surface area contributed by atoms with Gasteiger partial charge in [-0.2, -0.15) is 0 Å². The van der Waals surface area contributed by atoms with Gasteiger partial charge in [0.1, 0.15) is 0 Å². The van der Waals surface area contributed by atoms with Crippen LogP contribution in [0.15, 0.2) is 24.3 Å². The molecule has 1 aromatic carbocycles. The molecule has 0 saturated carbocycles. The smallest absolute Gasteiger partial charge is 0.317 e. The highest BCUT2D eigenvalue weighted by Gasteiger charge is 2.26. The van der Waals surface area contributed by atoms with Gasteiger partial charge in [0.05, 0.1) is 0 Å². The van der Waals surface area contributed by atoms with Gasteiger partial charge in [0.15, 0.2) is 0 Å². The van der Waals surface area contributed by atoms with Crippen molar-refractivity contribution in [1.29, 1.82) is 0 Å². The number of aliphatic hydroxyl groups is 1. The van der Waals surface area contributed by atoms with Gasteiger partial charge < -0.3 is 15.3 Å². The van der Waals surface area contributed by atoms with Crippen LogP contribution < -0.4 is 5.32 Å². The number of hydrogen-bond acceptors (Lipinski definition) is 3. The Hall–Kier alpha value is -1.59. The number of nitrogens with one attached hydrogen (secondary N) is 1. The van der Waals surface area contributed by atoms with E-state index < -0.39 is 0 Å². The second-order valence-corrected chi connectivity index (χ2v) is 7.60. The van der Waals surface area contributed by atoms with E-state index in [1.165, 1.54) is 11.1 Å². The average molecular weight is 345 g/mol. The Morgan fingerprint density at radius 3 is 2.52 bits per heavy atom. The zero-order valence-corrected chi connectivity index (χ0v) is 15.3. The molecule has 2 saturated heterocycles. The maximum absolute atomic E-state index is 12.4. The second-order valence-electron chi connectivity index (χ2n) is 7.60. The van der Waals surface area contributed by atoms with Crippen molar-refractivity contribution >= 4 is 6.03 Å². The molecule has 5 heteroatoms. The predicted molar refractivity (Wildman–Crippen MR) is 99.4 cm³/mol. The van der Waals surface area contributed by atoms with E-state index in [1.807, 2.05) is 4.90 Å². The number of rotatable bonds is 4. The van der Waals surface area contributed by atoms with E-state index >= 15 is 0 Å². The van der Waals surface area contributed by atoms with Crippen molar-refractivity contribution in [2.45, 2.75) is 45.2 Å². The van der Waals surface area contributed by atoms with Gasteiger partial charge in [-0.1, -0.05) is 29.8 Å². The van der Waals surface area contributed by atoms with Crippen LogP contribution >= 0.6 is 0 Å². The summed E-state index contributed by atoms with van der Waals surface area (Å²) in [4.78, 5) is 16.8. The quantitative estimate of drug-likeness (QED) is 0.881. The van der Waals surface area contributed by atoms with Gasteiger partial charge in [-0.15, -0.1) is 0 Å². The summed E-state index contributed by atoms with van der Waals surface area (Å²) < 4.78 is 0. The SMILES string of the molecule is Cc1cccc(CN2CCC(NC(=O)N3CCC(CO)CC3)CC2)c1. The molecule has 2 aliphatic rings. The molecule has 25 heavy (non-hydrogen) atoms. The zero-order valence-electron chi connectivity index (χ0n) is 15.3. The molecule has 1 aromatic rings. The first kappa shape index (κ1) is 18.2. The summed E-state index contributed by atoms with van der Waals surface area (Å²) in [5.41, 5.74) is 2.68. The van der Waals surface area contributed by atoms with Gasteiger partial charge in [-0.3, -0.25) is 4.90 Å². The Morgan fingerprint density at radius 2 is 1.88 bits per heavy atom. The summed E-state index contributed by atoms with van der Waals surface area (Å²) in [5, 5.41) is 12.4. The zero-order chi connectivity index (χ0) is 17.6. The lowest BCUT2D eigenvalue weighted by atomic mass is 9.98. The lowest BCUT2D eigenvalue weighted by Crippen LogP contribution is -2.51. The van der Waals surface area contributed by atoms with Crippen molar-refractivity contribution in [3.63, 3.8) is 0 Å². The highest BCUT2D eigenvalue weighted by molar-refractivity contribution is 5.74. The summed E-state index contributed by atoms with van der Waals surface area (Å²) in [5.74, 6) is 0.369. The van der Waals surface area contributed by atoms with Crippen molar-refractivity contribution in [3.8, 4) is 0 Å². The molecule has 2 amide bonds. The Kier molecular flexibility index (Phi) is 6.32. The van der Waals surface area contributed by atoms with Crippen molar-refractivity contribution in [2.24, 2.45) is 5.92 Å². The molecule has 2 N–H and O–H groups in total. The third-order valence-electron chi connectivity index (χ3n) is 5.56. The molecule has 0 bridgehead atoms. The Bertz CT molecular complexity index is 562. The number of aliphatic hydroxyl groups excluding tert-OH is 1. The predicted octanol–water partition coefficient (Wildman–Crippen LogP) is 2.37. The fraction of sp³-hybridized carbons (Fsp3) is 0.650. The summed E-state index contributed by atoms with van der Waals surface area (Å²) in [6.45, 7) is 6.98. The van der Waals surface area contributed by atoms with Crippen molar-refractivity contribution in [1.82, 2.24) is 15.1 Å². The molecular weight excluding hydrogens is 314 g/mol. The molecule has 138 valence electrons. The minimum atomic E-state index is 0.0773. The Labute approximate surface area is 151 Å². The number of likely N-dealkylation sites (tertiary alicyclic amines) is 2. The van der Waals surface area contributed by atoms with E-state index in [4.69, 9.17) is 0 Å². The second kappa shape index (κ2) is 8.68. The van der Waals surface area contributed by atoms with Gasteiger partial charge >= 0.3 is 6.03 Å². The third-order valence-corrected chi connectivity index (χ3v) is 5.56. The van der Waals surface area contributed by atoms with Crippen LogP contribution in [0, 0.1) is 12.8 Å². The molecule has 3 rings (SSSR count). The monoisotopic (exact) mass is 345 g/mol. The largest absolute Gasteiger partial charge is 0.396 e. The Morgan fingerprint density at radius 1 is 1.16 bits per heavy atom. The lowest BCUT2D eigenvalue weighted by Gasteiger charge is -2.35. The summed E-state index contributed by atoms with van der Waals surface area (Å²) in [6.07, 6.45) is 3.87. The minimum Gasteiger partial charge on any atom is -0.396 e. The van der Waals surface area contributed by atoms with Crippen LogP contribution in [0.2, 0.25) is 0 Å². The van der Waals surface area contributed by atoms with E-state index in [0.717, 1.165) is 58.4 Å². The van der Waals surface area contributed by atoms with E-state index in [0.29, 0.717) is 5.92 Å². The van der Waals surface area contributed by atoms with Crippen LogP contribution in [0.5, 0.6) is 0 Å². The lowest BCUT2D eigenvalue weighted by molar-refractivity contribution is 0.130. The fourth-order valence-electron chi connectivity index (χ4n) is 3.89. The van der Waals surface area contributed by atoms with Crippen LogP contribution in [0.1, 0.15) is 36.8 Å². The maximum atomic E-state index is 12.4. The standard InChI is InChI=1S/C20H31N3O2/c1-16-3-2-4-18(13-16)14-22-9-7-19(8-10-22)21-20(25)23-11-5-17(15-24)6-12-23/h2-4,13,17,19,24H,5-12,14-15H2,1H3,(H,21,25). The number of urea groups is 1.